The van der Waals surface area contributed by atoms with Gasteiger partial charge in [-0.2, -0.15) is 0 Å². The SMILES string of the molecule is O=C1CC2(CCN(C(=O)c3cccc(-c4cccnc4)c3)CC2)Oc2ccc(F)cc21. The van der Waals surface area contributed by atoms with E-state index in [4.69, 9.17) is 4.74 Å². The molecule has 0 aliphatic carbocycles. The Bertz CT molecular complexity index is 1150. The minimum atomic E-state index is -0.629. The molecule has 0 bridgehead atoms. The van der Waals surface area contributed by atoms with Crippen molar-refractivity contribution in [3.05, 3.63) is 83.9 Å². The number of likely N-dealkylation sites (tertiary alicyclic amines) is 1. The summed E-state index contributed by atoms with van der Waals surface area (Å²) in [4.78, 5) is 31.7. The second-order valence-corrected chi connectivity index (χ2v) is 8.14. The number of Topliss-reactive ketones (excluding diaryl/α,β-unsaturated/α-hetero) is 1. The van der Waals surface area contributed by atoms with Crippen LogP contribution in [0.1, 0.15) is 40.0 Å². The fraction of sp³-hybridized carbons (Fsp3) is 0.240. The molecule has 2 aliphatic rings. The highest BCUT2D eigenvalue weighted by Crippen LogP contribution is 2.39. The quantitative estimate of drug-likeness (QED) is 0.616. The molecule has 1 fully saturated rings. The van der Waals surface area contributed by atoms with Crippen molar-refractivity contribution >= 4 is 11.7 Å². The maximum atomic E-state index is 13.5. The minimum absolute atomic E-state index is 0.0369. The summed E-state index contributed by atoms with van der Waals surface area (Å²) in [6.45, 7) is 1.000. The number of pyridine rings is 1. The lowest BCUT2D eigenvalue weighted by Gasteiger charge is -2.44. The molecule has 3 heterocycles. The Kier molecular flexibility index (Phi) is 4.77. The third-order valence-electron chi connectivity index (χ3n) is 6.12. The van der Waals surface area contributed by atoms with E-state index in [0.717, 1.165) is 11.1 Å². The van der Waals surface area contributed by atoms with E-state index < -0.39 is 11.4 Å². The van der Waals surface area contributed by atoms with Crippen molar-refractivity contribution in [2.75, 3.05) is 13.1 Å². The Morgan fingerprint density at radius 2 is 1.84 bits per heavy atom. The average Bonchev–Trinajstić information content (AvgIpc) is 2.80. The van der Waals surface area contributed by atoms with E-state index >= 15 is 0 Å². The van der Waals surface area contributed by atoms with E-state index in [0.29, 0.717) is 42.8 Å². The van der Waals surface area contributed by atoms with Crippen LogP contribution in [0.5, 0.6) is 5.75 Å². The highest BCUT2D eigenvalue weighted by Gasteiger charge is 2.43. The molecule has 0 radical (unpaired) electrons. The number of rotatable bonds is 2. The second-order valence-electron chi connectivity index (χ2n) is 8.14. The molecule has 31 heavy (non-hydrogen) atoms. The lowest BCUT2D eigenvalue weighted by Crippen LogP contribution is -2.52. The van der Waals surface area contributed by atoms with Crippen LogP contribution in [0.15, 0.2) is 67.0 Å². The number of nitrogens with zero attached hydrogens (tertiary/aromatic N) is 2. The van der Waals surface area contributed by atoms with E-state index in [1.807, 2.05) is 41.3 Å². The maximum Gasteiger partial charge on any atom is 0.253 e. The van der Waals surface area contributed by atoms with Crippen LogP contribution >= 0.6 is 0 Å². The van der Waals surface area contributed by atoms with Crippen LogP contribution < -0.4 is 4.74 Å². The highest BCUT2D eigenvalue weighted by atomic mass is 19.1. The molecule has 3 aromatic rings. The van der Waals surface area contributed by atoms with Gasteiger partial charge in [0.05, 0.1) is 12.0 Å². The molecule has 5 rings (SSSR count). The molecule has 5 nitrogen and oxygen atoms in total. The normalized spacial score (nSPS) is 17.2. The van der Waals surface area contributed by atoms with Gasteiger partial charge in [-0.1, -0.05) is 18.2 Å². The van der Waals surface area contributed by atoms with Crippen LogP contribution in [-0.4, -0.2) is 40.3 Å². The second kappa shape index (κ2) is 7.61. The number of piperidine rings is 1. The topological polar surface area (TPSA) is 59.5 Å². The van der Waals surface area contributed by atoms with E-state index in [9.17, 15) is 14.0 Å². The highest BCUT2D eigenvalue weighted by molar-refractivity contribution is 6.00. The third kappa shape index (κ3) is 3.69. The number of carbonyl (C=O) groups is 2. The van der Waals surface area contributed by atoms with Crippen LogP contribution in [-0.2, 0) is 0 Å². The molecule has 1 spiro atoms. The van der Waals surface area contributed by atoms with Crippen molar-refractivity contribution in [2.24, 2.45) is 0 Å². The van der Waals surface area contributed by atoms with Crippen molar-refractivity contribution in [1.82, 2.24) is 9.88 Å². The molecule has 2 aromatic carbocycles. The molecule has 1 aromatic heterocycles. The van der Waals surface area contributed by atoms with Crippen LogP contribution in [0, 0.1) is 5.82 Å². The number of carbonyl (C=O) groups excluding carboxylic acids is 2. The predicted octanol–water partition coefficient (Wildman–Crippen LogP) is 4.53. The Labute approximate surface area is 179 Å². The van der Waals surface area contributed by atoms with E-state index in [2.05, 4.69) is 4.98 Å². The van der Waals surface area contributed by atoms with Gasteiger partial charge >= 0.3 is 0 Å². The first-order valence-corrected chi connectivity index (χ1v) is 10.3. The third-order valence-corrected chi connectivity index (χ3v) is 6.12. The summed E-state index contributed by atoms with van der Waals surface area (Å²) in [7, 11) is 0. The Balaban J connectivity index is 1.31. The molecule has 2 aliphatic heterocycles. The minimum Gasteiger partial charge on any atom is -0.486 e. The molecule has 0 N–H and O–H groups in total. The Morgan fingerprint density at radius 1 is 1.03 bits per heavy atom. The number of amides is 1. The summed E-state index contributed by atoms with van der Waals surface area (Å²) in [5.41, 5.74) is 2.20. The van der Waals surface area contributed by atoms with Crippen LogP contribution in [0.4, 0.5) is 4.39 Å². The molecule has 1 amide bonds. The van der Waals surface area contributed by atoms with Crippen molar-refractivity contribution in [2.45, 2.75) is 24.9 Å². The van der Waals surface area contributed by atoms with Crippen molar-refractivity contribution in [3.8, 4) is 16.9 Å². The summed E-state index contributed by atoms with van der Waals surface area (Å²) in [6, 6.07) is 15.4. The largest absolute Gasteiger partial charge is 0.486 e. The Hall–Kier alpha value is -3.54. The average molecular weight is 416 g/mol. The lowest BCUT2D eigenvalue weighted by atomic mass is 9.82. The molecule has 0 unspecified atom stereocenters. The zero-order chi connectivity index (χ0) is 21.4. The van der Waals surface area contributed by atoms with Gasteiger partial charge in [0.15, 0.2) is 5.78 Å². The number of hydrogen-bond acceptors (Lipinski definition) is 4. The van der Waals surface area contributed by atoms with Crippen LogP contribution in [0.25, 0.3) is 11.1 Å². The van der Waals surface area contributed by atoms with Gasteiger partial charge < -0.3 is 9.64 Å². The van der Waals surface area contributed by atoms with Crippen LogP contribution in [0.3, 0.4) is 0 Å². The van der Waals surface area contributed by atoms with Gasteiger partial charge in [0.2, 0.25) is 0 Å². The first-order valence-electron chi connectivity index (χ1n) is 10.3. The molecular weight excluding hydrogens is 395 g/mol. The van der Waals surface area contributed by atoms with Gasteiger partial charge in [0.1, 0.15) is 17.2 Å². The van der Waals surface area contributed by atoms with E-state index in [1.54, 1.807) is 12.4 Å². The molecule has 6 heteroatoms. The monoisotopic (exact) mass is 416 g/mol. The lowest BCUT2D eigenvalue weighted by molar-refractivity contribution is -0.00580. The molecular formula is C25H21FN2O3. The first kappa shape index (κ1) is 19.4. The van der Waals surface area contributed by atoms with Crippen molar-refractivity contribution < 1.29 is 18.7 Å². The van der Waals surface area contributed by atoms with Gasteiger partial charge in [0.25, 0.3) is 5.91 Å². The first-order chi connectivity index (χ1) is 15.0. The zero-order valence-electron chi connectivity index (χ0n) is 16.9. The summed E-state index contributed by atoms with van der Waals surface area (Å²) >= 11 is 0. The number of ether oxygens (including phenoxy) is 1. The maximum absolute atomic E-state index is 13.5. The van der Waals surface area contributed by atoms with Gasteiger partial charge in [0, 0.05) is 49.5 Å². The van der Waals surface area contributed by atoms with Crippen molar-refractivity contribution in [1.29, 1.82) is 0 Å². The fourth-order valence-electron chi connectivity index (χ4n) is 4.41. The fourth-order valence-corrected chi connectivity index (χ4v) is 4.41. The van der Waals surface area contributed by atoms with Gasteiger partial charge in [-0.25, -0.2) is 4.39 Å². The van der Waals surface area contributed by atoms with Gasteiger partial charge in [-0.05, 0) is 42.0 Å². The predicted molar refractivity (Wildman–Crippen MR) is 114 cm³/mol. The number of aromatic nitrogens is 1. The van der Waals surface area contributed by atoms with Crippen molar-refractivity contribution in [3.63, 3.8) is 0 Å². The number of benzene rings is 2. The van der Waals surface area contributed by atoms with Crippen LogP contribution in [0.2, 0.25) is 0 Å². The summed E-state index contributed by atoms with van der Waals surface area (Å²) in [5, 5.41) is 0. The Morgan fingerprint density at radius 3 is 2.61 bits per heavy atom. The molecule has 0 saturated carbocycles. The summed E-state index contributed by atoms with van der Waals surface area (Å²) < 4.78 is 19.6. The summed E-state index contributed by atoms with van der Waals surface area (Å²) in [5.74, 6) is -0.155. The van der Waals surface area contributed by atoms with E-state index in [1.165, 1.54) is 18.2 Å². The smallest absolute Gasteiger partial charge is 0.253 e. The molecule has 1 saturated heterocycles. The zero-order valence-corrected chi connectivity index (χ0v) is 16.9. The number of fused-ring (bicyclic) bond motifs is 1. The number of ketones is 1. The number of halogens is 1. The molecule has 0 atom stereocenters. The summed E-state index contributed by atoms with van der Waals surface area (Å²) in [6.07, 6.45) is 4.82. The molecule has 156 valence electrons. The number of hydrogen-bond donors (Lipinski definition) is 0. The van der Waals surface area contributed by atoms with Gasteiger partial charge in [-0.15, -0.1) is 0 Å². The standard InChI is InChI=1S/C25H21FN2O3/c26-20-6-7-23-21(14-20)22(29)15-25(31-23)8-11-28(12-9-25)24(30)18-4-1-3-17(13-18)19-5-2-10-27-16-19/h1-7,10,13-14,16H,8-9,11-12,15H2. The van der Waals surface area contributed by atoms with Gasteiger partial charge in [-0.3, -0.25) is 14.6 Å². The van der Waals surface area contributed by atoms with E-state index in [-0.39, 0.29) is 18.1 Å².